The highest BCUT2D eigenvalue weighted by molar-refractivity contribution is 14.1. The van der Waals surface area contributed by atoms with Gasteiger partial charge in [0.1, 0.15) is 0 Å². The van der Waals surface area contributed by atoms with Crippen LogP contribution in [0.15, 0.2) is 42.5 Å². The molecule has 0 saturated carbocycles. The molecule has 3 rings (SSSR count). The topological polar surface area (TPSA) is 43.8 Å². The Morgan fingerprint density at radius 3 is 2.72 bits per heavy atom. The van der Waals surface area contributed by atoms with Crippen molar-refractivity contribution in [3.05, 3.63) is 51.1 Å². The van der Waals surface area contributed by atoms with E-state index >= 15 is 0 Å². The highest BCUT2D eigenvalue weighted by Crippen LogP contribution is 2.27. The standard InChI is InChI=1S/C13H9ClIN3/c14-8-5-6-12-10(7-8)17-13(16)18(12)11-4-2-1-3-9(11)15/h1-7H,(H2,16,17). The molecule has 0 aliphatic rings. The molecule has 5 heteroatoms. The average Bonchev–Trinajstić information content (AvgIpc) is 2.65. The van der Waals surface area contributed by atoms with Gasteiger partial charge in [-0.3, -0.25) is 4.57 Å². The zero-order chi connectivity index (χ0) is 12.7. The summed E-state index contributed by atoms with van der Waals surface area (Å²) in [4.78, 5) is 4.34. The van der Waals surface area contributed by atoms with E-state index in [0.717, 1.165) is 20.3 Å². The van der Waals surface area contributed by atoms with E-state index in [-0.39, 0.29) is 0 Å². The van der Waals surface area contributed by atoms with Crippen molar-refractivity contribution in [3.63, 3.8) is 0 Å². The number of nitrogens with two attached hydrogens (primary N) is 1. The molecule has 90 valence electrons. The van der Waals surface area contributed by atoms with Gasteiger partial charge in [0.15, 0.2) is 0 Å². The first-order valence-corrected chi connectivity index (χ1v) is 6.81. The van der Waals surface area contributed by atoms with Gasteiger partial charge in [0, 0.05) is 8.59 Å². The lowest BCUT2D eigenvalue weighted by atomic mass is 10.3. The summed E-state index contributed by atoms with van der Waals surface area (Å²) in [5, 5.41) is 0.662. The summed E-state index contributed by atoms with van der Waals surface area (Å²) < 4.78 is 3.06. The molecule has 0 fully saturated rings. The number of nitrogen functional groups attached to an aromatic ring is 1. The number of hydrogen-bond acceptors (Lipinski definition) is 2. The Balaban J connectivity index is 2.36. The van der Waals surface area contributed by atoms with E-state index in [2.05, 4.69) is 27.6 Å². The van der Waals surface area contributed by atoms with Crippen LogP contribution in [0.25, 0.3) is 16.7 Å². The smallest absolute Gasteiger partial charge is 0.205 e. The van der Waals surface area contributed by atoms with Crippen LogP contribution in [0.3, 0.4) is 0 Å². The summed E-state index contributed by atoms with van der Waals surface area (Å²) in [6.45, 7) is 0. The summed E-state index contributed by atoms with van der Waals surface area (Å²) in [6, 6.07) is 13.6. The number of imidazole rings is 1. The van der Waals surface area contributed by atoms with Gasteiger partial charge in [0.05, 0.1) is 16.7 Å². The third kappa shape index (κ3) is 1.85. The van der Waals surface area contributed by atoms with E-state index in [1.165, 1.54) is 0 Å². The molecule has 18 heavy (non-hydrogen) atoms. The van der Waals surface area contributed by atoms with Crippen molar-refractivity contribution in [2.75, 3.05) is 5.73 Å². The number of benzene rings is 2. The second kappa shape index (κ2) is 4.44. The Morgan fingerprint density at radius 2 is 1.94 bits per heavy atom. The molecule has 0 radical (unpaired) electrons. The van der Waals surface area contributed by atoms with Crippen molar-refractivity contribution in [3.8, 4) is 5.69 Å². The number of hydrogen-bond donors (Lipinski definition) is 1. The number of aromatic nitrogens is 2. The molecule has 3 nitrogen and oxygen atoms in total. The Hall–Kier alpha value is -1.27. The lowest BCUT2D eigenvalue weighted by Gasteiger charge is -2.08. The lowest BCUT2D eigenvalue weighted by Crippen LogP contribution is -2.02. The number of halogens is 2. The molecule has 2 aromatic carbocycles. The molecule has 3 aromatic rings. The molecule has 0 bridgehead atoms. The van der Waals surface area contributed by atoms with Crippen LogP contribution in [0.4, 0.5) is 5.95 Å². The molecule has 1 aromatic heterocycles. The molecule has 0 spiro atoms. The molecule has 0 aliphatic carbocycles. The predicted molar refractivity (Wildman–Crippen MR) is 83.2 cm³/mol. The van der Waals surface area contributed by atoms with Crippen molar-refractivity contribution in [1.29, 1.82) is 0 Å². The van der Waals surface area contributed by atoms with Crippen LogP contribution in [0, 0.1) is 3.57 Å². The minimum atomic E-state index is 0.469. The third-order valence-electron chi connectivity index (χ3n) is 2.74. The fourth-order valence-corrected chi connectivity index (χ4v) is 2.75. The molecular formula is C13H9ClIN3. The van der Waals surface area contributed by atoms with Crippen LogP contribution in [-0.4, -0.2) is 9.55 Å². The number of fused-ring (bicyclic) bond motifs is 1. The van der Waals surface area contributed by atoms with Crippen LogP contribution < -0.4 is 5.73 Å². The SMILES string of the molecule is Nc1nc2cc(Cl)ccc2n1-c1ccccc1I. The van der Waals surface area contributed by atoms with Gasteiger partial charge in [0.2, 0.25) is 5.95 Å². The van der Waals surface area contributed by atoms with Gasteiger partial charge in [-0.25, -0.2) is 4.98 Å². The maximum atomic E-state index is 6.01. The highest BCUT2D eigenvalue weighted by atomic mass is 127. The van der Waals surface area contributed by atoms with Gasteiger partial charge in [-0.05, 0) is 52.9 Å². The maximum absolute atomic E-state index is 6.01. The van der Waals surface area contributed by atoms with Gasteiger partial charge in [-0.2, -0.15) is 0 Å². The Labute approximate surface area is 123 Å². The van der Waals surface area contributed by atoms with Crippen molar-refractivity contribution in [1.82, 2.24) is 9.55 Å². The molecule has 0 unspecified atom stereocenters. The fraction of sp³-hybridized carbons (Fsp3) is 0. The van der Waals surface area contributed by atoms with Gasteiger partial charge in [0.25, 0.3) is 0 Å². The minimum absolute atomic E-state index is 0.469. The summed E-state index contributed by atoms with van der Waals surface area (Å²) in [6.07, 6.45) is 0. The first kappa shape index (κ1) is 11.8. The van der Waals surface area contributed by atoms with Crippen LogP contribution in [0.5, 0.6) is 0 Å². The molecule has 0 saturated heterocycles. The van der Waals surface area contributed by atoms with Gasteiger partial charge in [-0.15, -0.1) is 0 Å². The van der Waals surface area contributed by atoms with Gasteiger partial charge >= 0.3 is 0 Å². The Morgan fingerprint density at radius 1 is 1.17 bits per heavy atom. The van der Waals surface area contributed by atoms with Crippen molar-refractivity contribution in [2.24, 2.45) is 0 Å². The van der Waals surface area contributed by atoms with Crippen molar-refractivity contribution in [2.45, 2.75) is 0 Å². The molecule has 2 N–H and O–H groups in total. The summed E-state index contributed by atoms with van der Waals surface area (Å²) in [5.74, 6) is 0.469. The zero-order valence-corrected chi connectivity index (χ0v) is 12.2. The maximum Gasteiger partial charge on any atom is 0.205 e. The first-order chi connectivity index (χ1) is 8.66. The number of para-hydroxylation sites is 1. The summed E-state index contributed by atoms with van der Waals surface area (Å²) in [7, 11) is 0. The Bertz CT molecular complexity index is 736. The largest absolute Gasteiger partial charge is 0.369 e. The van der Waals surface area contributed by atoms with E-state index < -0.39 is 0 Å². The third-order valence-corrected chi connectivity index (χ3v) is 3.88. The van der Waals surface area contributed by atoms with Crippen molar-refractivity contribution < 1.29 is 0 Å². The first-order valence-electron chi connectivity index (χ1n) is 5.35. The summed E-state index contributed by atoms with van der Waals surface area (Å²) >= 11 is 8.25. The number of nitrogens with zero attached hydrogens (tertiary/aromatic N) is 2. The van der Waals surface area contributed by atoms with E-state index in [1.54, 1.807) is 0 Å². The molecule has 1 heterocycles. The Kier molecular flexibility index (Phi) is 2.91. The second-order valence-corrected chi connectivity index (χ2v) is 5.49. The summed E-state index contributed by atoms with van der Waals surface area (Å²) in [5.41, 5.74) is 8.80. The van der Waals surface area contributed by atoms with Crippen LogP contribution in [-0.2, 0) is 0 Å². The van der Waals surface area contributed by atoms with E-state index in [0.29, 0.717) is 11.0 Å². The minimum Gasteiger partial charge on any atom is -0.369 e. The zero-order valence-electron chi connectivity index (χ0n) is 9.27. The normalized spacial score (nSPS) is 11.0. The molecule has 0 aliphatic heterocycles. The van der Waals surface area contributed by atoms with Crippen LogP contribution >= 0.6 is 34.2 Å². The molecule has 0 atom stereocenters. The van der Waals surface area contributed by atoms with E-state index in [9.17, 15) is 0 Å². The lowest BCUT2D eigenvalue weighted by molar-refractivity contribution is 1.10. The quantitative estimate of drug-likeness (QED) is 0.662. The molecular weight excluding hydrogens is 361 g/mol. The van der Waals surface area contributed by atoms with E-state index in [1.807, 2.05) is 47.0 Å². The average molecular weight is 370 g/mol. The fourth-order valence-electron chi connectivity index (χ4n) is 1.96. The van der Waals surface area contributed by atoms with Gasteiger partial charge < -0.3 is 5.73 Å². The highest BCUT2D eigenvalue weighted by Gasteiger charge is 2.11. The second-order valence-electron chi connectivity index (χ2n) is 3.89. The number of anilines is 1. The van der Waals surface area contributed by atoms with Crippen molar-refractivity contribution >= 4 is 51.2 Å². The number of rotatable bonds is 1. The predicted octanol–water partition coefficient (Wildman–Crippen LogP) is 3.87. The van der Waals surface area contributed by atoms with Crippen LogP contribution in [0.2, 0.25) is 5.02 Å². The molecule has 0 amide bonds. The monoisotopic (exact) mass is 369 g/mol. The van der Waals surface area contributed by atoms with Gasteiger partial charge in [-0.1, -0.05) is 23.7 Å². The van der Waals surface area contributed by atoms with E-state index in [4.69, 9.17) is 17.3 Å². The van der Waals surface area contributed by atoms with Crippen LogP contribution in [0.1, 0.15) is 0 Å².